The second-order valence-electron chi connectivity index (χ2n) is 5.42. The van der Waals surface area contributed by atoms with E-state index in [0.717, 1.165) is 24.3 Å². The molecule has 5 nitrogen and oxygen atoms in total. The quantitative estimate of drug-likeness (QED) is 0.815. The van der Waals surface area contributed by atoms with Crippen LogP contribution in [-0.2, 0) is 11.3 Å². The van der Waals surface area contributed by atoms with Crippen molar-refractivity contribution in [3.05, 3.63) is 48.3 Å². The lowest BCUT2D eigenvalue weighted by Gasteiger charge is -2.16. The highest BCUT2D eigenvalue weighted by Crippen LogP contribution is 2.16. The summed E-state index contributed by atoms with van der Waals surface area (Å²) in [7, 11) is 0. The fourth-order valence-corrected chi connectivity index (χ4v) is 2.16. The molecule has 1 atom stereocenters. The summed E-state index contributed by atoms with van der Waals surface area (Å²) in [5.41, 5.74) is 1.10. The van der Waals surface area contributed by atoms with Gasteiger partial charge in [0.15, 0.2) is 0 Å². The molecule has 1 N–H and O–H groups in total. The van der Waals surface area contributed by atoms with Crippen LogP contribution in [0.1, 0.15) is 25.3 Å². The summed E-state index contributed by atoms with van der Waals surface area (Å²) in [6.45, 7) is 5.18. The minimum absolute atomic E-state index is 0.0168. The standard InChI is InChI=1S/C17H23N3O2/c1-14-7-3-4-8-16(14)22-13-15(2)19-17(21)9-5-11-20-12-6-10-18-20/h3-4,6-8,10,12,15H,5,9,11,13H2,1-2H3,(H,19,21)/t15-/m1/s1. The first kappa shape index (κ1) is 16.1. The second-order valence-corrected chi connectivity index (χ2v) is 5.42. The number of para-hydroxylation sites is 1. The highest BCUT2D eigenvalue weighted by molar-refractivity contribution is 5.76. The molecule has 118 valence electrons. The Morgan fingerprint density at radius 3 is 2.91 bits per heavy atom. The van der Waals surface area contributed by atoms with Gasteiger partial charge in [-0.2, -0.15) is 5.10 Å². The zero-order valence-corrected chi connectivity index (χ0v) is 13.2. The fourth-order valence-electron chi connectivity index (χ4n) is 2.16. The molecule has 5 heteroatoms. The van der Waals surface area contributed by atoms with Gasteiger partial charge in [0, 0.05) is 25.4 Å². The summed E-state index contributed by atoms with van der Waals surface area (Å²) < 4.78 is 7.57. The number of hydrogen-bond donors (Lipinski definition) is 1. The Hall–Kier alpha value is -2.30. The first-order valence-corrected chi connectivity index (χ1v) is 7.60. The highest BCUT2D eigenvalue weighted by Gasteiger charge is 2.08. The van der Waals surface area contributed by atoms with Gasteiger partial charge in [0.05, 0.1) is 6.04 Å². The Bertz CT molecular complexity index is 581. The Morgan fingerprint density at radius 2 is 2.18 bits per heavy atom. The molecule has 2 aromatic rings. The predicted octanol–water partition coefficient (Wildman–Crippen LogP) is 2.56. The molecule has 0 saturated carbocycles. The molecule has 0 bridgehead atoms. The van der Waals surface area contributed by atoms with Crippen molar-refractivity contribution in [3.8, 4) is 5.75 Å². The van der Waals surface area contributed by atoms with E-state index in [9.17, 15) is 4.79 Å². The Kier molecular flexibility index (Phi) is 6.01. The van der Waals surface area contributed by atoms with E-state index in [1.165, 1.54) is 0 Å². The lowest BCUT2D eigenvalue weighted by Crippen LogP contribution is -2.36. The Labute approximate surface area is 131 Å². The van der Waals surface area contributed by atoms with Crippen molar-refractivity contribution in [2.45, 2.75) is 39.3 Å². The van der Waals surface area contributed by atoms with Crippen LogP contribution in [0.4, 0.5) is 0 Å². The van der Waals surface area contributed by atoms with E-state index in [2.05, 4.69) is 10.4 Å². The number of aromatic nitrogens is 2. The summed E-state index contributed by atoms with van der Waals surface area (Å²) in [6.07, 6.45) is 4.91. The van der Waals surface area contributed by atoms with Gasteiger partial charge in [-0.3, -0.25) is 9.48 Å². The van der Waals surface area contributed by atoms with Crippen LogP contribution in [0.3, 0.4) is 0 Å². The van der Waals surface area contributed by atoms with Gasteiger partial charge in [-0.15, -0.1) is 0 Å². The van der Waals surface area contributed by atoms with Crippen LogP contribution >= 0.6 is 0 Å². The molecule has 0 radical (unpaired) electrons. The maximum absolute atomic E-state index is 11.9. The lowest BCUT2D eigenvalue weighted by atomic mass is 10.2. The van der Waals surface area contributed by atoms with Crippen molar-refractivity contribution in [1.29, 1.82) is 0 Å². The van der Waals surface area contributed by atoms with Gasteiger partial charge in [-0.25, -0.2) is 0 Å². The maximum Gasteiger partial charge on any atom is 0.220 e. The van der Waals surface area contributed by atoms with Crippen LogP contribution in [0.25, 0.3) is 0 Å². The summed E-state index contributed by atoms with van der Waals surface area (Å²) in [6, 6.07) is 9.73. The lowest BCUT2D eigenvalue weighted by molar-refractivity contribution is -0.122. The molecule has 2 rings (SSSR count). The van der Waals surface area contributed by atoms with E-state index in [-0.39, 0.29) is 11.9 Å². The predicted molar refractivity (Wildman–Crippen MR) is 85.7 cm³/mol. The third-order valence-electron chi connectivity index (χ3n) is 3.34. The van der Waals surface area contributed by atoms with Crippen LogP contribution < -0.4 is 10.1 Å². The zero-order chi connectivity index (χ0) is 15.8. The number of nitrogens with one attached hydrogen (secondary N) is 1. The number of carbonyl (C=O) groups excluding carboxylic acids is 1. The maximum atomic E-state index is 11.9. The van der Waals surface area contributed by atoms with Gasteiger partial charge in [0.25, 0.3) is 0 Å². The molecule has 0 aliphatic carbocycles. The molecule has 0 spiro atoms. The SMILES string of the molecule is Cc1ccccc1OC[C@@H](C)NC(=O)CCCn1cccn1. The first-order chi connectivity index (χ1) is 10.6. The van der Waals surface area contributed by atoms with Crippen LogP contribution in [-0.4, -0.2) is 28.3 Å². The van der Waals surface area contributed by atoms with Crippen molar-refractivity contribution in [2.24, 2.45) is 0 Å². The minimum atomic E-state index is -0.0168. The van der Waals surface area contributed by atoms with Gasteiger partial charge >= 0.3 is 0 Å². The van der Waals surface area contributed by atoms with Crippen molar-refractivity contribution in [3.63, 3.8) is 0 Å². The third-order valence-corrected chi connectivity index (χ3v) is 3.34. The van der Waals surface area contributed by atoms with Crippen molar-refractivity contribution >= 4 is 5.91 Å². The number of rotatable bonds is 8. The molecule has 0 aliphatic heterocycles. The molecule has 0 aliphatic rings. The summed E-state index contributed by atoms with van der Waals surface area (Å²) in [5, 5.41) is 7.07. The molecule has 1 aromatic heterocycles. The molecule has 22 heavy (non-hydrogen) atoms. The van der Waals surface area contributed by atoms with Gasteiger partial charge in [0.2, 0.25) is 5.91 Å². The molecule has 0 fully saturated rings. The van der Waals surface area contributed by atoms with Crippen LogP contribution in [0, 0.1) is 6.92 Å². The van der Waals surface area contributed by atoms with E-state index in [1.54, 1.807) is 6.20 Å². The topological polar surface area (TPSA) is 56.1 Å². The van der Waals surface area contributed by atoms with Gasteiger partial charge in [-0.05, 0) is 38.0 Å². The van der Waals surface area contributed by atoms with Crippen molar-refractivity contribution in [2.75, 3.05) is 6.61 Å². The number of benzene rings is 1. The van der Waals surface area contributed by atoms with E-state index < -0.39 is 0 Å². The molecule has 1 heterocycles. The number of nitrogens with zero attached hydrogens (tertiary/aromatic N) is 2. The number of aryl methyl sites for hydroxylation is 2. The summed E-state index contributed by atoms with van der Waals surface area (Å²) >= 11 is 0. The summed E-state index contributed by atoms with van der Waals surface area (Å²) in [5.74, 6) is 0.912. The van der Waals surface area contributed by atoms with Gasteiger partial charge < -0.3 is 10.1 Å². The molecule has 1 aromatic carbocycles. The molecular weight excluding hydrogens is 278 g/mol. The largest absolute Gasteiger partial charge is 0.491 e. The van der Waals surface area contributed by atoms with Crippen LogP contribution in [0.15, 0.2) is 42.7 Å². The highest BCUT2D eigenvalue weighted by atomic mass is 16.5. The normalized spacial score (nSPS) is 11.9. The number of amides is 1. The number of hydrogen-bond acceptors (Lipinski definition) is 3. The zero-order valence-electron chi connectivity index (χ0n) is 13.2. The van der Waals surface area contributed by atoms with E-state index in [1.807, 2.05) is 55.1 Å². The molecule has 1 amide bonds. The van der Waals surface area contributed by atoms with Gasteiger partial charge in [0.1, 0.15) is 12.4 Å². The smallest absolute Gasteiger partial charge is 0.220 e. The van der Waals surface area contributed by atoms with E-state index >= 15 is 0 Å². The Balaban J connectivity index is 1.64. The molecule has 0 unspecified atom stereocenters. The van der Waals surface area contributed by atoms with Gasteiger partial charge in [-0.1, -0.05) is 18.2 Å². The Morgan fingerprint density at radius 1 is 1.36 bits per heavy atom. The summed E-state index contributed by atoms with van der Waals surface area (Å²) in [4.78, 5) is 11.9. The molecule has 0 saturated heterocycles. The van der Waals surface area contributed by atoms with Crippen LogP contribution in [0.2, 0.25) is 0 Å². The number of carbonyl (C=O) groups is 1. The van der Waals surface area contributed by atoms with Crippen LogP contribution in [0.5, 0.6) is 5.75 Å². The third kappa shape index (κ3) is 5.24. The van der Waals surface area contributed by atoms with E-state index in [0.29, 0.717) is 13.0 Å². The second kappa shape index (κ2) is 8.22. The average molecular weight is 301 g/mol. The first-order valence-electron chi connectivity index (χ1n) is 7.60. The van der Waals surface area contributed by atoms with Crippen molar-refractivity contribution in [1.82, 2.24) is 15.1 Å². The average Bonchev–Trinajstić information content (AvgIpc) is 2.99. The number of ether oxygens (including phenoxy) is 1. The fraction of sp³-hybridized carbons (Fsp3) is 0.412. The van der Waals surface area contributed by atoms with Crippen molar-refractivity contribution < 1.29 is 9.53 Å². The minimum Gasteiger partial charge on any atom is -0.491 e. The van der Waals surface area contributed by atoms with E-state index in [4.69, 9.17) is 4.74 Å². The molecular formula is C17H23N3O2. The monoisotopic (exact) mass is 301 g/mol.